The minimum Gasteiger partial charge on any atom is -0.379 e. The highest BCUT2D eigenvalue weighted by Gasteiger charge is 2.23. The van der Waals surface area contributed by atoms with E-state index >= 15 is 0 Å². The molecule has 1 atom stereocenters. The lowest BCUT2D eigenvalue weighted by Gasteiger charge is -2.31. The average Bonchev–Trinajstić information content (AvgIpc) is 3.20. The van der Waals surface area contributed by atoms with Gasteiger partial charge in [-0.05, 0) is 43.2 Å². The molecule has 0 bridgehead atoms. The Morgan fingerprint density at radius 2 is 1.73 bits per heavy atom. The number of carbonyl (C=O) groups is 2. The summed E-state index contributed by atoms with van der Waals surface area (Å²) in [5.74, 6) is 0.0466. The fraction of sp³-hybridized carbons (Fsp3) is 0.417. The number of nitrogens with one attached hydrogen (secondary N) is 1. The van der Waals surface area contributed by atoms with Crippen LogP contribution >= 0.6 is 0 Å². The first-order valence-electron chi connectivity index (χ1n) is 10.7. The number of nitrogens with zero attached hydrogens (tertiary/aromatic N) is 2. The molecule has 0 radical (unpaired) electrons. The number of benzene rings is 2. The molecule has 6 nitrogen and oxygen atoms in total. The number of ether oxygens (including phenoxy) is 1. The summed E-state index contributed by atoms with van der Waals surface area (Å²) < 4.78 is 5.46. The van der Waals surface area contributed by atoms with Crippen molar-refractivity contribution in [3.05, 3.63) is 65.2 Å². The molecular formula is C24H29N3O3. The summed E-state index contributed by atoms with van der Waals surface area (Å²) in [5, 5.41) is 3.21. The first-order valence-corrected chi connectivity index (χ1v) is 10.7. The van der Waals surface area contributed by atoms with Crippen LogP contribution in [-0.4, -0.2) is 56.1 Å². The molecule has 0 aliphatic carbocycles. The molecular weight excluding hydrogens is 378 g/mol. The van der Waals surface area contributed by atoms with Crippen molar-refractivity contribution in [2.45, 2.75) is 25.8 Å². The molecule has 1 unspecified atom stereocenters. The van der Waals surface area contributed by atoms with Gasteiger partial charge >= 0.3 is 0 Å². The zero-order chi connectivity index (χ0) is 20.9. The molecule has 2 amide bonds. The summed E-state index contributed by atoms with van der Waals surface area (Å²) in [6.07, 6.45) is 1.49. The minimum atomic E-state index is -0.104. The van der Waals surface area contributed by atoms with Gasteiger partial charge in [-0.1, -0.05) is 29.8 Å². The second-order valence-corrected chi connectivity index (χ2v) is 8.05. The number of morpholine rings is 1. The monoisotopic (exact) mass is 407 g/mol. The van der Waals surface area contributed by atoms with Gasteiger partial charge in [0, 0.05) is 43.9 Å². The Bertz CT molecular complexity index is 874. The van der Waals surface area contributed by atoms with E-state index in [-0.39, 0.29) is 17.9 Å². The maximum Gasteiger partial charge on any atom is 0.251 e. The summed E-state index contributed by atoms with van der Waals surface area (Å²) in [6, 6.07) is 15.6. The third-order valence-electron chi connectivity index (χ3n) is 5.84. The number of anilines is 1. The van der Waals surface area contributed by atoms with Crippen LogP contribution in [0.2, 0.25) is 0 Å². The van der Waals surface area contributed by atoms with Gasteiger partial charge in [-0.25, -0.2) is 0 Å². The highest BCUT2D eigenvalue weighted by Crippen LogP contribution is 2.22. The largest absolute Gasteiger partial charge is 0.379 e. The molecule has 4 rings (SSSR count). The smallest absolute Gasteiger partial charge is 0.251 e. The number of hydrogen-bond acceptors (Lipinski definition) is 4. The van der Waals surface area contributed by atoms with Gasteiger partial charge in [0.1, 0.15) is 0 Å². The van der Waals surface area contributed by atoms with E-state index < -0.39 is 0 Å². The van der Waals surface area contributed by atoms with Crippen molar-refractivity contribution in [3.8, 4) is 0 Å². The Morgan fingerprint density at radius 3 is 2.37 bits per heavy atom. The summed E-state index contributed by atoms with van der Waals surface area (Å²) in [4.78, 5) is 29.1. The normalized spacial score (nSPS) is 18.4. The molecule has 1 N–H and O–H groups in total. The SMILES string of the molecule is Cc1ccc(C(CN2CCOCC2)NC(=O)c2ccc(N3CCCC3=O)cc2)cc1. The lowest BCUT2D eigenvalue weighted by atomic mass is 10.0. The van der Waals surface area contributed by atoms with Crippen molar-refractivity contribution in [2.24, 2.45) is 0 Å². The van der Waals surface area contributed by atoms with Crippen LogP contribution in [0, 0.1) is 6.92 Å². The molecule has 2 aliphatic heterocycles. The topological polar surface area (TPSA) is 61.9 Å². The van der Waals surface area contributed by atoms with Gasteiger partial charge in [0.15, 0.2) is 0 Å². The van der Waals surface area contributed by atoms with Gasteiger partial charge in [-0.2, -0.15) is 0 Å². The standard InChI is InChI=1S/C24H29N3O3/c1-18-4-6-19(7-5-18)22(17-26-13-15-30-16-14-26)25-24(29)20-8-10-21(11-9-20)27-12-2-3-23(27)28/h4-11,22H,2-3,12-17H2,1H3,(H,25,29). The highest BCUT2D eigenvalue weighted by molar-refractivity contribution is 5.97. The Labute approximate surface area is 177 Å². The zero-order valence-corrected chi connectivity index (χ0v) is 17.5. The van der Waals surface area contributed by atoms with Crippen LogP contribution in [0.1, 0.15) is 40.4 Å². The van der Waals surface area contributed by atoms with Crippen LogP contribution in [0.15, 0.2) is 48.5 Å². The minimum absolute atomic E-state index is 0.101. The average molecular weight is 408 g/mol. The van der Waals surface area contributed by atoms with E-state index in [1.54, 1.807) is 17.0 Å². The molecule has 2 aromatic rings. The Balaban J connectivity index is 1.47. The van der Waals surface area contributed by atoms with Crippen LogP contribution < -0.4 is 10.2 Å². The summed E-state index contributed by atoms with van der Waals surface area (Å²) in [6.45, 7) is 6.76. The lowest BCUT2D eigenvalue weighted by Crippen LogP contribution is -2.43. The Hall–Kier alpha value is -2.70. The van der Waals surface area contributed by atoms with Crippen LogP contribution in [0.25, 0.3) is 0 Å². The Kier molecular flexibility index (Phi) is 6.45. The third kappa shape index (κ3) is 4.89. The number of hydrogen-bond donors (Lipinski definition) is 1. The lowest BCUT2D eigenvalue weighted by molar-refractivity contribution is -0.117. The quantitative estimate of drug-likeness (QED) is 0.800. The number of carbonyl (C=O) groups excluding carboxylic acids is 2. The molecule has 2 aliphatic rings. The molecule has 0 spiro atoms. The molecule has 158 valence electrons. The van der Waals surface area contributed by atoms with Crippen LogP contribution in [0.4, 0.5) is 5.69 Å². The number of rotatable bonds is 6. The van der Waals surface area contributed by atoms with E-state index in [1.807, 2.05) is 12.1 Å². The molecule has 30 heavy (non-hydrogen) atoms. The van der Waals surface area contributed by atoms with E-state index in [1.165, 1.54) is 5.56 Å². The first kappa shape index (κ1) is 20.6. The number of aryl methyl sites for hydroxylation is 1. The summed E-state index contributed by atoms with van der Waals surface area (Å²) in [5.41, 5.74) is 3.75. The third-order valence-corrected chi connectivity index (χ3v) is 5.84. The van der Waals surface area contributed by atoms with E-state index in [9.17, 15) is 9.59 Å². The van der Waals surface area contributed by atoms with E-state index in [0.29, 0.717) is 12.0 Å². The summed E-state index contributed by atoms with van der Waals surface area (Å²) >= 11 is 0. The maximum atomic E-state index is 13.0. The highest BCUT2D eigenvalue weighted by atomic mass is 16.5. The van der Waals surface area contributed by atoms with E-state index in [2.05, 4.69) is 41.4 Å². The number of amides is 2. The molecule has 2 heterocycles. The predicted molar refractivity (Wildman–Crippen MR) is 117 cm³/mol. The molecule has 6 heteroatoms. The van der Waals surface area contributed by atoms with Crippen molar-refractivity contribution < 1.29 is 14.3 Å². The maximum absolute atomic E-state index is 13.0. The van der Waals surface area contributed by atoms with Gasteiger partial charge in [-0.3, -0.25) is 14.5 Å². The van der Waals surface area contributed by atoms with Gasteiger partial charge in [0.25, 0.3) is 5.91 Å². The molecule has 0 aromatic heterocycles. The predicted octanol–water partition coefficient (Wildman–Crippen LogP) is 2.93. The van der Waals surface area contributed by atoms with Crippen molar-refractivity contribution >= 4 is 17.5 Å². The van der Waals surface area contributed by atoms with Crippen molar-refractivity contribution in [2.75, 3.05) is 44.3 Å². The fourth-order valence-corrected chi connectivity index (χ4v) is 4.03. The fourth-order valence-electron chi connectivity index (χ4n) is 4.03. The van der Waals surface area contributed by atoms with Crippen molar-refractivity contribution in [1.29, 1.82) is 0 Å². The van der Waals surface area contributed by atoms with E-state index in [0.717, 1.165) is 57.1 Å². The van der Waals surface area contributed by atoms with Crippen LogP contribution in [0.5, 0.6) is 0 Å². The van der Waals surface area contributed by atoms with E-state index in [4.69, 9.17) is 4.74 Å². The molecule has 2 fully saturated rings. The van der Waals surface area contributed by atoms with Crippen molar-refractivity contribution in [1.82, 2.24) is 10.2 Å². The van der Waals surface area contributed by atoms with Crippen LogP contribution in [-0.2, 0) is 9.53 Å². The van der Waals surface area contributed by atoms with Crippen molar-refractivity contribution in [3.63, 3.8) is 0 Å². The molecule has 2 aromatic carbocycles. The summed E-state index contributed by atoms with van der Waals surface area (Å²) in [7, 11) is 0. The second-order valence-electron chi connectivity index (χ2n) is 8.05. The molecule has 0 saturated carbocycles. The second kappa shape index (κ2) is 9.41. The molecule has 2 saturated heterocycles. The first-order chi connectivity index (χ1) is 14.6. The van der Waals surface area contributed by atoms with Crippen LogP contribution in [0.3, 0.4) is 0 Å². The van der Waals surface area contributed by atoms with Gasteiger partial charge in [-0.15, -0.1) is 0 Å². The Morgan fingerprint density at radius 1 is 1.03 bits per heavy atom. The van der Waals surface area contributed by atoms with Gasteiger partial charge < -0.3 is 15.0 Å². The zero-order valence-electron chi connectivity index (χ0n) is 17.5. The van der Waals surface area contributed by atoms with Gasteiger partial charge in [0.05, 0.1) is 19.3 Å². The van der Waals surface area contributed by atoms with Gasteiger partial charge in [0.2, 0.25) is 5.91 Å².